The van der Waals surface area contributed by atoms with Crippen molar-refractivity contribution in [3.63, 3.8) is 0 Å². The second kappa shape index (κ2) is 16.7. The Labute approximate surface area is 330 Å². The molecule has 0 radical (unpaired) electrons. The Morgan fingerprint density at radius 1 is 0.596 bits per heavy atom. The smallest absolute Gasteiger partial charge is 0.488 e. The SMILES string of the molecule is C=C1C(=O)N(c2cc(C)c(C)c(OC)c2)[C@H]1c1ccc(C)c(O)c1.C=C1C(=O)N(c2cc(C)c(C)c(OC)c2)[C@H]1c1ccc(C)c(OS(=O)(=O)F)c1.O=S(=O)(F)F. The van der Waals surface area contributed by atoms with Crippen molar-refractivity contribution in [2.45, 2.75) is 53.6 Å². The minimum Gasteiger partial charge on any atom is -0.508 e. The first-order chi connectivity index (χ1) is 26.4. The van der Waals surface area contributed by atoms with Gasteiger partial charge in [-0.15, -0.1) is 0 Å². The topological polar surface area (TPSA) is 157 Å². The number of aromatic hydroxyl groups is 1. The Kier molecular flexibility index (Phi) is 12.9. The van der Waals surface area contributed by atoms with Gasteiger partial charge in [-0.3, -0.25) is 19.4 Å². The summed E-state index contributed by atoms with van der Waals surface area (Å²) in [4.78, 5) is 28.2. The number of anilines is 2. The number of rotatable bonds is 8. The molecule has 0 unspecified atom stereocenters. The third kappa shape index (κ3) is 9.78. The number of phenols is 1. The molecule has 304 valence electrons. The van der Waals surface area contributed by atoms with Crippen LogP contribution in [0.5, 0.6) is 23.0 Å². The zero-order valence-electron chi connectivity index (χ0n) is 32.3. The quantitative estimate of drug-likeness (QED) is 0.105. The van der Waals surface area contributed by atoms with Crippen LogP contribution in [-0.2, 0) is 30.7 Å². The number of benzene rings is 4. The standard InChI is InChI=1S/C20H20FNO5S.C20H21NO3.F2O2S/c1-11-6-7-15(9-17(11)27-28(21,24)25)19-14(4)20(23)22(19)16-8-12(2)13(3)18(10-16)26-5;1-11-6-7-15(9-17(11)22)19-14(4)20(23)21(19)16-8-12(2)13(3)18(10-16)24-5;1-5(2,3)4/h6-10,19H,4H2,1-3,5H3;6-10,19,22H,4H2,1-3,5H3;/t2*19-;/m11./s1. The van der Waals surface area contributed by atoms with Gasteiger partial charge < -0.3 is 18.8 Å². The highest BCUT2D eigenvalue weighted by atomic mass is 32.3. The molecule has 4 aromatic carbocycles. The number of amides is 2. The molecule has 1 N–H and O–H groups in total. The molecular weight excluding hydrogens is 790 g/mol. The number of hydrogen-bond donors (Lipinski definition) is 1. The number of methoxy groups -OCH3 is 2. The Morgan fingerprint density at radius 3 is 1.35 bits per heavy atom. The third-order valence-electron chi connectivity index (χ3n) is 9.63. The van der Waals surface area contributed by atoms with E-state index in [4.69, 9.17) is 17.9 Å². The van der Waals surface area contributed by atoms with Crippen LogP contribution >= 0.6 is 0 Å². The van der Waals surface area contributed by atoms with E-state index in [2.05, 4.69) is 17.3 Å². The first kappa shape index (κ1) is 43.9. The van der Waals surface area contributed by atoms with Gasteiger partial charge in [-0.2, -0.15) is 16.8 Å². The van der Waals surface area contributed by atoms with E-state index in [1.165, 1.54) is 11.0 Å². The molecule has 17 heteroatoms. The molecule has 0 spiro atoms. The van der Waals surface area contributed by atoms with E-state index in [9.17, 15) is 34.8 Å². The predicted octanol–water partition coefficient (Wildman–Crippen LogP) is 8.00. The largest absolute Gasteiger partial charge is 0.508 e. The Balaban J connectivity index is 0.000000228. The van der Waals surface area contributed by atoms with Crippen LogP contribution < -0.4 is 23.5 Å². The number of hydrogen-bond acceptors (Lipinski definition) is 10. The average molecular weight is 831 g/mol. The number of carbonyl (C=O) groups is 2. The Bertz CT molecular complexity index is 2520. The van der Waals surface area contributed by atoms with Crippen molar-refractivity contribution in [2.75, 3.05) is 24.0 Å². The molecule has 2 aliphatic rings. The van der Waals surface area contributed by atoms with Gasteiger partial charge in [0.05, 0.1) is 26.3 Å². The summed E-state index contributed by atoms with van der Waals surface area (Å²) < 4.78 is 86.5. The zero-order valence-corrected chi connectivity index (χ0v) is 33.9. The lowest BCUT2D eigenvalue weighted by Gasteiger charge is -2.43. The van der Waals surface area contributed by atoms with Crippen LogP contribution in [0.4, 0.5) is 23.0 Å². The van der Waals surface area contributed by atoms with Gasteiger partial charge in [0.1, 0.15) is 23.0 Å². The monoisotopic (exact) mass is 830 g/mol. The lowest BCUT2D eigenvalue weighted by Crippen LogP contribution is -2.48. The van der Waals surface area contributed by atoms with Crippen molar-refractivity contribution in [1.29, 1.82) is 0 Å². The summed E-state index contributed by atoms with van der Waals surface area (Å²) in [5.41, 5.74) is 8.95. The van der Waals surface area contributed by atoms with E-state index in [0.29, 0.717) is 33.7 Å². The van der Waals surface area contributed by atoms with E-state index in [-0.39, 0.29) is 29.4 Å². The zero-order chi connectivity index (χ0) is 42.9. The molecule has 0 bridgehead atoms. The van der Waals surface area contributed by atoms with Crippen molar-refractivity contribution < 1.29 is 56.8 Å². The molecule has 4 aromatic rings. The minimum absolute atomic E-state index is 0.106. The van der Waals surface area contributed by atoms with E-state index in [0.717, 1.165) is 44.8 Å². The summed E-state index contributed by atoms with van der Waals surface area (Å²) in [6.45, 7) is 19.0. The van der Waals surface area contributed by atoms with Crippen molar-refractivity contribution in [2.24, 2.45) is 0 Å². The van der Waals surface area contributed by atoms with Crippen LogP contribution in [0.3, 0.4) is 0 Å². The third-order valence-corrected chi connectivity index (χ3v) is 10.0. The van der Waals surface area contributed by atoms with E-state index in [1.54, 1.807) is 50.3 Å². The lowest BCUT2D eigenvalue weighted by molar-refractivity contribution is -0.119. The van der Waals surface area contributed by atoms with Gasteiger partial charge in [0.25, 0.3) is 11.8 Å². The van der Waals surface area contributed by atoms with E-state index in [1.807, 2.05) is 65.0 Å². The van der Waals surface area contributed by atoms with Crippen LogP contribution in [0, 0.1) is 41.5 Å². The molecule has 2 atom stereocenters. The van der Waals surface area contributed by atoms with Crippen molar-refractivity contribution in [3.05, 3.63) is 129 Å². The molecule has 2 saturated heterocycles. The van der Waals surface area contributed by atoms with Gasteiger partial charge in [0.2, 0.25) is 0 Å². The van der Waals surface area contributed by atoms with E-state index >= 15 is 0 Å². The number of phenolic OH excluding ortho intramolecular Hbond substituents is 1. The van der Waals surface area contributed by atoms with Gasteiger partial charge in [-0.25, -0.2) is 0 Å². The minimum atomic E-state index is -5.67. The summed E-state index contributed by atoms with van der Waals surface area (Å²) in [7, 11) is -7.65. The first-order valence-corrected chi connectivity index (χ1v) is 19.5. The van der Waals surface area contributed by atoms with Crippen LogP contribution in [0.15, 0.2) is 85.0 Å². The fourth-order valence-corrected chi connectivity index (χ4v) is 6.68. The Morgan fingerprint density at radius 2 is 0.982 bits per heavy atom. The molecular formula is C40H41F3N2O10S2. The van der Waals surface area contributed by atoms with Crippen LogP contribution in [0.25, 0.3) is 0 Å². The molecule has 6 rings (SSSR count). The van der Waals surface area contributed by atoms with Gasteiger partial charge in [-0.05, 0) is 110 Å². The van der Waals surface area contributed by atoms with Crippen LogP contribution in [0.2, 0.25) is 0 Å². The maximum absolute atomic E-state index is 13.0. The molecule has 0 saturated carbocycles. The first-order valence-electron chi connectivity index (χ1n) is 16.9. The molecule has 12 nitrogen and oxygen atoms in total. The van der Waals surface area contributed by atoms with Gasteiger partial charge >= 0.3 is 21.1 Å². The lowest BCUT2D eigenvalue weighted by atomic mass is 9.87. The molecule has 57 heavy (non-hydrogen) atoms. The number of aryl methyl sites for hydroxylation is 4. The van der Waals surface area contributed by atoms with Crippen LogP contribution in [0.1, 0.15) is 56.6 Å². The number of carbonyl (C=O) groups excluding carboxylic acids is 2. The number of ether oxygens (including phenoxy) is 2. The fraction of sp³-hybridized carbons (Fsp3) is 0.250. The van der Waals surface area contributed by atoms with Gasteiger partial charge in [-0.1, -0.05) is 49.1 Å². The summed E-state index contributed by atoms with van der Waals surface area (Å²) in [5, 5.41) is 9.99. The molecule has 2 heterocycles. The predicted molar refractivity (Wildman–Crippen MR) is 209 cm³/mol. The highest BCUT2D eigenvalue weighted by Crippen LogP contribution is 2.46. The normalized spacial score (nSPS) is 16.4. The molecule has 2 aliphatic heterocycles. The maximum atomic E-state index is 13.0. The highest BCUT2D eigenvalue weighted by molar-refractivity contribution is 7.81. The fourth-order valence-electron chi connectivity index (χ4n) is 6.29. The Hall–Kier alpha value is -5.81. The maximum Gasteiger partial charge on any atom is 0.488 e. The summed E-state index contributed by atoms with van der Waals surface area (Å²) in [6.07, 6.45) is 0. The molecule has 0 aromatic heterocycles. The molecule has 2 amide bonds. The highest BCUT2D eigenvalue weighted by Gasteiger charge is 2.44. The van der Waals surface area contributed by atoms with Gasteiger partial charge in [0, 0.05) is 34.7 Å². The van der Waals surface area contributed by atoms with E-state index < -0.39 is 27.2 Å². The van der Waals surface area contributed by atoms with Crippen molar-refractivity contribution >= 4 is 44.3 Å². The second-order valence-corrected chi connectivity index (χ2v) is 15.0. The number of nitrogens with zero attached hydrogens (tertiary/aromatic N) is 2. The van der Waals surface area contributed by atoms with Crippen molar-refractivity contribution in [3.8, 4) is 23.0 Å². The second-order valence-electron chi connectivity index (χ2n) is 13.3. The average Bonchev–Trinajstić information content (AvgIpc) is 3.12. The van der Waals surface area contributed by atoms with Gasteiger partial charge in [0.15, 0.2) is 0 Å². The summed E-state index contributed by atoms with van der Waals surface area (Å²) in [5.74, 6) is 1.13. The summed E-state index contributed by atoms with van der Waals surface area (Å²) >= 11 is 0. The molecule has 2 fully saturated rings. The number of β-lactam (4-membered cyclic amide) rings is 2. The number of halogens is 3. The summed E-state index contributed by atoms with van der Waals surface area (Å²) in [6, 6.07) is 16.9. The van der Waals surface area contributed by atoms with Crippen molar-refractivity contribution in [1.82, 2.24) is 0 Å². The van der Waals surface area contributed by atoms with Crippen LogP contribution in [-0.4, -0.2) is 48.0 Å². The molecule has 0 aliphatic carbocycles.